The summed E-state index contributed by atoms with van der Waals surface area (Å²) in [7, 11) is 2.04. The predicted molar refractivity (Wildman–Crippen MR) is 96.7 cm³/mol. The highest BCUT2D eigenvalue weighted by Crippen LogP contribution is 2.40. The van der Waals surface area contributed by atoms with Crippen LogP contribution in [0.5, 0.6) is 0 Å². The van der Waals surface area contributed by atoms with Crippen LogP contribution in [0.1, 0.15) is 73.8 Å². The molecule has 0 bridgehead atoms. The molecule has 2 aromatic rings. The molecule has 0 radical (unpaired) electrons. The minimum Gasteiger partial charge on any atom is -0.368 e. The van der Waals surface area contributed by atoms with Crippen molar-refractivity contribution in [1.29, 1.82) is 0 Å². The molecule has 26 heavy (non-hydrogen) atoms. The highest BCUT2D eigenvalue weighted by atomic mass is 16.5. The number of hydrogen-bond donors (Lipinski definition) is 1. The van der Waals surface area contributed by atoms with Crippen LogP contribution in [0.25, 0.3) is 0 Å². The molecule has 142 valence electrons. The van der Waals surface area contributed by atoms with Gasteiger partial charge in [0.25, 0.3) is 5.89 Å². The molecule has 0 spiro atoms. The van der Waals surface area contributed by atoms with E-state index in [2.05, 4.69) is 34.4 Å². The van der Waals surface area contributed by atoms with Crippen LogP contribution in [0.3, 0.4) is 0 Å². The minimum absolute atomic E-state index is 0.0762. The number of aromatic nitrogens is 4. The van der Waals surface area contributed by atoms with Crippen molar-refractivity contribution in [2.45, 2.75) is 64.5 Å². The zero-order chi connectivity index (χ0) is 18.1. The van der Waals surface area contributed by atoms with E-state index in [-0.39, 0.29) is 6.10 Å². The lowest BCUT2D eigenvalue weighted by Crippen LogP contribution is -2.25. The number of nitrogens with zero attached hydrogens (tertiary/aromatic N) is 4. The van der Waals surface area contributed by atoms with Crippen LogP contribution in [-0.2, 0) is 31.2 Å². The van der Waals surface area contributed by atoms with E-state index >= 15 is 0 Å². The maximum atomic E-state index is 5.91. The molecule has 1 saturated heterocycles. The summed E-state index contributed by atoms with van der Waals surface area (Å²) in [5, 5.41) is 12.4. The van der Waals surface area contributed by atoms with E-state index in [4.69, 9.17) is 9.26 Å². The van der Waals surface area contributed by atoms with Crippen LogP contribution < -0.4 is 5.32 Å². The van der Waals surface area contributed by atoms with Crippen LogP contribution in [0, 0.1) is 5.92 Å². The van der Waals surface area contributed by atoms with E-state index in [1.165, 1.54) is 29.8 Å². The Morgan fingerprint density at radius 3 is 2.77 bits per heavy atom. The fourth-order valence-corrected chi connectivity index (χ4v) is 3.96. The van der Waals surface area contributed by atoms with Gasteiger partial charge < -0.3 is 14.6 Å². The molecule has 7 nitrogen and oxygen atoms in total. The van der Waals surface area contributed by atoms with Gasteiger partial charge >= 0.3 is 0 Å². The highest BCUT2D eigenvalue weighted by molar-refractivity contribution is 5.26. The molecule has 0 unspecified atom stereocenters. The van der Waals surface area contributed by atoms with Crippen molar-refractivity contribution >= 4 is 0 Å². The summed E-state index contributed by atoms with van der Waals surface area (Å²) < 4.78 is 13.4. The standard InChI is InChI=1S/C19H29N5O2/c1-4-15-14(16(5-2)24(3)22-15)11-20-10-13-8-9-25-17(13)19-21-18(23-26-19)12-6-7-12/h12-13,17,20H,4-11H2,1-3H3/t13-,17-/m0/s1. The molecule has 3 heterocycles. The SMILES string of the molecule is CCc1nn(C)c(CC)c1CNC[C@@H]1CCO[C@@H]1c1nc(C2CC2)no1. The molecule has 1 aliphatic heterocycles. The molecule has 2 aromatic heterocycles. The molecule has 1 N–H and O–H groups in total. The van der Waals surface area contributed by atoms with Gasteiger partial charge in [-0.15, -0.1) is 0 Å². The maximum Gasteiger partial charge on any atom is 0.256 e. The first kappa shape index (κ1) is 17.7. The Labute approximate surface area is 154 Å². The van der Waals surface area contributed by atoms with E-state index in [1.54, 1.807) is 0 Å². The van der Waals surface area contributed by atoms with Gasteiger partial charge in [0.05, 0.1) is 5.69 Å². The first-order chi connectivity index (χ1) is 12.7. The van der Waals surface area contributed by atoms with Gasteiger partial charge in [-0.2, -0.15) is 10.1 Å². The normalized spacial score (nSPS) is 23.0. The van der Waals surface area contributed by atoms with Gasteiger partial charge in [-0.3, -0.25) is 4.68 Å². The lowest BCUT2D eigenvalue weighted by Gasteiger charge is -2.16. The molecule has 1 saturated carbocycles. The largest absolute Gasteiger partial charge is 0.368 e. The van der Waals surface area contributed by atoms with Crippen molar-refractivity contribution in [3.05, 3.63) is 28.7 Å². The Hall–Kier alpha value is -1.73. The van der Waals surface area contributed by atoms with E-state index in [1.807, 2.05) is 11.7 Å². The zero-order valence-corrected chi connectivity index (χ0v) is 16.0. The molecule has 2 fully saturated rings. The third kappa shape index (κ3) is 3.42. The summed E-state index contributed by atoms with van der Waals surface area (Å²) in [4.78, 5) is 4.58. The smallest absolute Gasteiger partial charge is 0.256 e. The Morgan fingerprint density at radius 2 is 2.04 bits per heavy atom. The van der Waals surface area contributed by atoms with Crippen molar-refractivity contribution in [3.63, 3.8) is 0 Å². The van der Waals surface area contributed by atoms with Gasteiger partial charge in [0.15, 0.2) is 5.82 Å². The molecule has 2 aliphatic rings. The molecule has 7 heteroatoms. The molecule has 4 rings (SSSR count). The number of ether oxygens (including phenoxy) is 1. The number of nitrogens with one attached hydrogen (secondary N) is 1. The first-order valence-electron chi connectivity index (χ1n) is 9.90. The van der Waals surface area contributed by atoms with Gasteiger partial charge in [-0.05, 0) is 32.1 Å². The Balaban J connectivity index is 1.38. The Kier molecular flexibility index (Phi) is 5.09. The molecule has 1 aliphatic carbocycles. The van der Waals surface area contributed by atoms with Crippen LogP contribution in [-0.4, -0.2) is 33.1 Å². The van der Waals surface area contributed by atoms with Gasteiger partial charge in [0.1, 0.15) is 6.10 Å². The van der Waals surface area contributed by atoms with E-state index in [0.717, 1.165) is 44.8 Å². The minimum atomic E-state index is -0.0762. The fraction of sp³-hybridized carbons (Fsp3) is 0.737. The summed E-state index contributed by atoms with van der Waals surface area (Å²) in [5.74, 6) is 2.39. The summed E-state index contributed by atoms with van der Waals surface area (Å²) in [6.07, 6.45) is 5.27. The molecule has 0 aromatic carbocycles. The average Bonchev–Trinajstić information content (AvgIpc) is 3.07. The van der Waals surface area contributed by atoms with Crippen molar-refractivity contribution in [2.24, 2.45) is 13.0 Å². The Morgan fingerprint density at radius 1 is 1.19 bits per heavy atom. The number of aryl methyl sites for hydroxylation is 2. The second-order valence-electron chi connectivity index (χ2n) is 7.44. The summed E-state index contributed by atoms with van der Waals surface area (Å²) in [6.45, 7) is 6.84. The second-order valence-corrected chi connectivity index (χ2v) is 7.44. The monoisotopic (exact) mass is 359 g/mol. The van der Waals surface area contributed by atoms with E-state index in [9.17, 15) is 0 Å². The third-order valence-corrected chi connectivity index (χ3v) is 5.59. The van der Waals surface area contributed by atoms with Crippen molar-refractivity contribution in [3.8, 4) is 0 Å². The molecule has 0 amide bonds. The van der Waals surface area contributed by atoms with Gasteiger partial charge in [-0.1, -0.05) is 19.0 Å². The second kappa shape index (κ2) is 7.48. The topological polar surface area (TPSA) is 78.0 Å². The van der Waals surface area contributed by atoms with Gasteiger partial charge in [-0.25, -0.2) is 0 Å². The van der Waals surface area contributed by atoms with Crippen LogP contribution in [0.15, 0.2) is 4.52 Å². The van der Waals surface area contributed by atoms with Crippen LogP contribution in [0.2, 0.25) is 0 Å². The quantitative estimate of drug-likeness (QED) is 0.781. The summed E-state index contributed by atoms with van der Waals surface area (Å²) in [5.41, 5.74) is 3.86. The molecule has 2 atom stereocenters. The summed E-state index contributed by atoms with van der Waals surface area (Å²) >= 11 is 0. The van der Waals surface area contributed by atoms with Crippen LogP contribution in [0.4, 0.5) is 0 Å². The lowest BCUT2D eigenvalue weighted by molar-refractivity contribution is 0.0623. The molecular formula is C19H29N5O2. The Bertz CT molecular complexity index is 749. The number of rotatable bonds is 8. The first-order valence-corrected chi connectivity index (χ1v) is 9.90. The third-order valence-electron chi connectivity index (χ3n) is 5.59. The predicted octanol–water partition coefficient (Wildman–Crippen LogP) is 2.67. The fourth-order valence-electron chi connectivity index (χ4n) is 3.96. The summed E-state index contributed by atoms with van der Waals surface area (Å²) in [6, 6.07) is 0. The van der Waals surface area contributed by atoms with Crippen molar-refractivity contribution in [1.82, 2.24) is 25.2 Å². The molecular weight excluding hydrogens is 330 g/mol. The van der Waals surface area contributed by atoms with Crippen molar-refractivity contribution in [2.75, 3.05) is 13.2 Å². The number of hydrogen-bond acceptors (Lipinski definition) is 6. The van der Waals surface area contributed by atoms with Gasteiger partial charge in [0, 0.05) is 49.8 Å². The van der Waals surface area contributed by atoms with Crippen LogP contribution >= 0.6 is 0 Å². The lowest BCUT2D eigenvalue weighted by atomic mass is 10.0. The maximum absolute atomic E-state index is 5.91. The van der Waals surface area contributed by atoms with E-state index < -0.39 is 0 Å². The highest BCUT2D eigenvalue weighted by Gasteiger charge is 2.36. The van der Waals surface area contributed by atoms with Gasteiger partial charge in [0.2, 0.25) is 0 Å². The zero-order valence-electron chi connectivity index (χ0n) is 16.0. The van der Waals surface area contributed by atoms with E-state index in [0.29, 0.717) is 17.7 Å². The van der Waals surface area contributed by atoms with Crippen molar-refractivity contribution < 1.29 is 9.26 Å². The average molecular weight is 359 g/mol.